The number of rotatable bonds is 6. The summed E-state index contributed by atoms with van der Waals surface area (Å²) in [7, 11) is 0. The van der Waals surface area contributed by atoms with Gasteiger partial charge in [-0.15, -0.1) is 0 Å². The predicted molar refractivity (Wildman–Crippen MR) is 92.9 cm³/mol. The Hall–Kier alpha value is -2.37. The Morgan fingerprint density at radius 3 is 3.00 bits per heavy atom. The minimum atomic E-state index is -0.373. The van der Waals surface area contributed by atoms with Crippen LogP contribution in [0.25, 0.3) is 0 Å². The van der Waals surface area contributed by atoms with Crippen LogP contribution in [-0.4, -0.2) is 40.3 Å². The number of hydrogen-bond acceptors (Lipinski definition) is 3. The van der Waals surface area contributed by atoms with E-state index >= 15 is 0 Å². The zero-order valence-corrected chi connectivity index (χ0v) is 14.5. The Morgan fingerprint density at radius 1 is 1.40 bits per heavy atom. The fourth-order valence-corrected chi connectivity index (χ4v) is 3.16. The summed E-state index contributed by atoms with van der Waals surface area (Å²) in [5.74, 6) is -0.00466. The number of halogens is 1. The second-order valence-corrected chi connectivity index (χ2v) is 6.52. The molecule has 1 aliphatic rings. The van der Waals surface area contributed by atoms with Crippen LogP contribution in [0.4, 0.5) is 4.39 Å². The number of hydrogen-bond donors (Lipinski definition) is 0. The van der Waals surface area contributed by atoms with Gasteiger partial charge in [0, 0.05) is 25.7 Å². The second kappa shape index (κ2) is 8.14. The van der Waals surface area contributed by atoms with Crippen LogP contribution in [-0.2, 0) is 4.79 Å². The molecule has 1 aromatic carbocycles. The highest BCUT2D eigenvalue weighted by atomic mass is 19.1. The van der Waals surface area contributed by atoms with Crippen molar-refractivity contribution in [3.8, 4) is 5.75 Å². The second-order valence-electron chi connectivity index (χ2n) is 6.52. The molecule has 1 atom stereocenters. The molecule has 134 valence electrons. The van der Waals surface area contributed by atoms with Gasteiger partial charge in [0.15, 0.2) is 11.6 Å². The number of amides is 1. The molecule has 0 unspecified atom stereocenters. The topological polar surface area (TPSA) is 47.4 Å². The molecular weight excluding hydrogens is 321 g/mol. The maximum atomic E-state index is 13.5. The number of aromatic nitrogens is 2. The third-order valence-corrected chi connectivity index (χ3v) is 4.48. The average molecular weight is 345 g/mol. The van der Waals surface area contributed by atoms with Gasteiger partial charge in [0.2, 0.25) is 5.91 Å². The van der Waals surface area contributed by atoms with Crippen molar-refractivity contribution in [3.05, 3.63) is 48.0 Å². The zero-order valence-electron chi connectivity index (χ0n) is 14.5. The Kier molecular flexibility index (Phi) is 5.68. The summed E-state index contributed by atoms with van der Waals surface area (Å²) in [5.41, 5.74) is 1.13. The van der Waals surface area contributed by atoms with E-state index in [1.807, 2.05) is 28.9 Å². The van der Waals surface area contributed by atoms with Gasteiger partial charge in [-0.05, 0) is 43.9 Å². The van der Waals surface area contributed by atoms with Crippen molar-refractivity contribution in [2.45, 2.75) is 38.6 Å². The van der Waals surface area contributed by atoms with Crippen LogP contribution in [0.15, 0.2) is 36.7 Å². The maximum Gasteiger partial charge on any atom is 0.222 e. The Labute approximate surface area is 147 Å². The number of carbonyl (C=O) groups is 1. The van der Waals surface area contributed by atoms with Crippen LogP contribution in [0.2, 0.25) is 0 Å². The standard InChI is InChI=1S/C19H24FN3O2/c1-15-12-21-23(13-15)16-6-4-10-22(14-16)19(24)9-5-11-25-18-8-3-2-7-17(18)20/h2-3,7-8,12-13,16H,4-6,9-11,14H2,1H3/t16-/m0/s1. The van der Waals surface area contributed by atoms with E-state index in [0.717, 1.165) is 24.9 Å². The molecule has 2 aromatic rings. The summed E-state index contributed by atoms with van der Waals surface area (Å²) in [6.07, 6.45) is 6.90. The molecule has 0 N–H and O–H groups in total. The van der Waals surface area contributed by atoms with Gasteiger partial charge in [0.25, 0.3) is 0 Å². The fraction of sp³-hybridized carbons (Fsp3) is 0.474. The molecule has 1 aliphatic heterocycles. The highest BCUT2D eigenvalue weighted by Gasteiger charge is 2.24. The molecule has 0 aliphatic carbocycles. The van der Waals surface area contributed by atoms with E-state index < -0.39 is 0 Å². The van der Waals surface area contributed by atoms with Crippen LogP contribution in [0, 0.1) is 12.7 Å². The number of likely N-dealkylation sites (tertiary alicyclic amines) is 1. The van der Waals surface area contributed by atoms with Gasteiger partial charge in [-0.2, -0.15) is 5.10 Å². The Morgan fingerprint density at radius 2 is 2.24 bits per heavy atom. The molecule has 3 rings (SSSR count). The van der Waals surface area contributed by atoms with Crippen molar-refractivity contribution in [1.82, 2.24) is 14.7 Å². The van der Waals surface area contributed by atoms with Crippen LogP contribution in [0.5, 0.6) is 5.75 Å². The van der Waals surface area contributed by atoms with Crippen molar-refractivity contribution in [1.29, 1.82) is 0 Å². The molecule has 0 spiro atoms. The zero-order chi connectivity index (χ0) is 17.6. The first-order valence-electron chi connectivity index (χ1n) is 8.79. The van der Waals surface area contributed by atoms with E-state index in [4.69, 9.17) is 4.74 Å². The quantitative estimate of drug-likeness (QED) is 0.754. The predicted octanol–water partition coefficient (Wildman–Crippen LogP) is 3.35. The lowest BCUT2D eigenvalue weighted by atomic mass is 10.1. The number of aryl methyl sites for hydroxylation is 1. The number of para-hydroxylation sites is 1. The number of piperidine rings is 1. The van der Waals surface area contributed by atoms with E-state index in [0.29, 0.717) is 26.0 Å². The molecule has 0 saturated carbocycles. The van der Waals surface area contributed by atoms with E-state index in [1.54, 1.807) is 18.2 Å². The molecule has 0 radical (unpaired) electrons. The maximum absolute atomic E-state index is 13.5. The largest absolute Gasteiger partial charge is 0.491 e. The van der Waals surface area contributed by atoms with E-state index in [2.05, 4.69) is 5.10 Å². The lowest BCUT2D eigenvalue weighted by Gasteiger charge is -2.33. The molecule has 1 amide bonds. The molecule has 5 nitrogen and oxygen atoms in total. The normalized spacial score (nSPS) is 17.5. The molecular formula is C19H24FN3O2. The summed E-state index contributed by atoms with van der Waals surface area (Å²) >= 11 is 0. The van der Waals surface area contributed by atoms with Gasteiger partial charge in [0.05, 0.1) is 18.8 Å². The van der Waals surface area contributed by atoms with Crippen molar-refractivity contribution in [3.63, 3.8) is 0 Å². The molecule has 1 saturated heterocycles. The van der Waals surface area contributed by atoms with Crippen LogP contribution < -0.4 is 4.74 Å². The van der Waals surface area contributed by atoms with Gasteiger partial charge in [0.1, 0.15) is 0 Å². The molecule has 2 heterocycles. The summed E-state index contributed by atoms with van der Waals surface area (Å²) < 4.78 is 20.8. The lowest BCUT2D eigenvalue weighted by Crippen LogP contribution is -2.40. The summed E-state index contributed by atoms with van der Waals surface area (Å²) in [6, 6.07) is 6.57. The Bertz CT molecular complexity index is 716. The first-order valence-corrected chi connectivity index (χ1v) is 8.79. The minimum Gasteiger partial charge on any atom is -0.491 e. The van der Waals surface area contributed by atoms with Gasteiger partial charge in [-0.1, -0.05) is 12.1 Å². The smallest absolute Gasteiger partial charge is 0.222 e. The fourth-order valence-electron chi connectivity index (χ4n) is 3.16. The van der Waals surface area contributed by atoms with Gasteiger partial charge < -0.3 is 9.64 Å². The highest BCUT2D eigenvalue weighted by molar-refractivity contribution is 5.76. The lowest BCUT2D eigenvalue weighted by molar-refractivity contribution is -0.133. The van der Waals surface area contributed by atoms with Crippen LogP contribution in [0.3, 0.4) is 0 Å². The first kappa shape index (κ1) is 17.5. The molecule has 6 heteroatoms. The molecule has 1 fully saturated rings. The van der Waals surface area contributed by atoms with Crippen molar-refractivity contribution in [2.24, 2.45) is 0 Å². The highest BCUT2D eigenvalue weighted by Crippen LogP contribution is 2.22. The number of nitrogens with zero attached hydrogens (tertiary/aromatic N) is 3. The number of ether oxygens (including phenoxy) is 1. The first-order chi connectivity index (χ1) is 12.1. The summed E-state index contributed by atoms with van der Waals surface area (Å²) in [5, 5.41) is 4.37. The van der Waals surface area contributed by atoms with Crippen molar-refractivity contribution >= 4 is 5.91 Å². The van der Waals surface area contributed by atoms with Gasteiger partial charge in [-0.3, -0.25) is 9.48 Å². The van der Waals surface area contributed by atoms with Gasteiger partial charge >= 0.3 is 0 Å². The number of carbonyl (C=O) groups excluding carboxylic acids is 1. The SMILES string of the molecule is Cc1cnn([C@H]2CCCN(C(=O)CCCOc3ccccc3F)C2)c1. The monoisotopic (exact) mass is 345 g/mol. The molecule has 0 bridgehead atoms. The molecule has 1 aromatic heterocycles. The van der Waals surface area contributed by atoms with Crippen LogP contribution in [0.1, 0.15) is 37.3 Å². The Balaban J connectivity index is 1.44. The van der Waals surface area contributed by atoms with E-state index in [1.165, 1.54) is 6.07 Å². The van der Waals surface area contributed by atoms with E-state index in [9.17, 15) is 9.18 Å². The van der Waals surface area contributed by atoms with Crippen molar-refractivity contribution < 1.29 is 13.9 Å². The van der Waals surface area contributed by atoms with Crippen molar-refractivity contribution in [2.75, 3.05) is 19.7 Å². The molecule has 25 heavy (non-hydrogen) atoms. The third kappa shape index (κ3) is 4.59. The average Bonchev–Trinajstić information content (AvgIpc) is 3.06. The van der Waals surface area contributed by atoms with Crippen LogP contribution >= 0.6 is 0 Å². The number of benzene rings is 1. The van der Waals surface area contributed by atoms with E-state index in [-0.39, 0.29) is 23.5 Å². The van der Waals surface area contributed by atoms with Gasteiger partial charge in [-0.25, -0.2) is 4.39 Å². The minimum absolute atomic E-state index is 0.130. The summed E-state index contributed by atoms with van der Waals surface area (Å²) in [4.78, 5) is 14.3. The summed E-state index contributed by atoms with van der Waals surface area (Å²) in [6.45, 7) is 3.85. The third-order valence-electron chi connectivity index (χ3n) is 4.48.